The van der Waals surface area contributed by atoms with E-state index < -0.39 is 0 Å². The van der Waals surface area contributed by atoms with Gasteiger partial charge in [-0.1, -0.05) is 42.7 Å². The van der Waals surface area contributed by atoms with E-state index in [2.05, 4.69) is 43.9 Å². The third-order valence-electron chi connectivity index (χ3n) is 4.34. The molecule has 0 aromatic heterocycles. The monoisotopic (exact) mass is 261 g/mol. The summed E-state index contributed by atoms with van der Waals surface area (Å²) in [6.45, 7) is 9.52. The Bertz CT molecular complexity index is 387. The first kappa shape index (κ1) is 14.5. The Balaban J connectivity index is 1.92. The minimum absolute atomic E-state index is 0.350. The number of aliphatic hydroxyl groups is 1. The zero-order valence-electron chi connectivity index (χ0n) is 12.5. The summed E-state index contributed by atoms with van der Waals surface area (Å²) in [7, 11) is 0. The first-order valence-electron chi connectivity index (χ1n) is 7.57. The molecule has 1 aliphatic rings. The van der Waals surface area contributed by atoms with Crippen LogP contribution in [-0.2, 0) is 0 Å². The number of hydrogen-bond donors (Lipinski definition) is 1. The van der Waals surface area contributed by atoms with Gasteiger partial charge in [-0.15, -0.1) is 0 Å². The number of rotatable bonds is 4. The van der Waals surface area contributed by atoms with Gasteiger partial charge in [0.25, 0.3) is 0 Å². The summed E-state index contributed by atoms with van der Waals surface area (Å²) in [5.74, 6) is 0.898. The summed E-state index contributed by atoms with van der Waals surface area (Å²) in [5.41, 5.74) is 3.53. The minimum Gasteiger partial charge on any atom is -0.387 e. The molecule has 2 heteroatoms. The van der Waals surface area contributed by atoms with Crippen LogP contribution in [0.1, 0.15) is 49.0 Å². The van der Waals surface area contributed by atoms with Crippen LogP contribution in [0.15, 0.2) is 18.2 Å². The SMILES string of the molecule is CCC1CCN(CC(O)c2cc(C)cc(C)c2)CC1. The number of nitrogens with zero attached hydrogens (tertiary/aromatic N) is 1. The lowest BCUT2D eigenvalue weighted by Gasteiger charge is -2.32. The van der Waals surface area contributed by atoms with Gasteiger partial charge in [0.05, 0.1) is 6.10 Å². The van der Waals surface area contributed by atoms with E-state index in [-0.39, 0.29) is 6.10 Å². The number of hydrogen-bond acceptors (Lipinski definition) is 2. The van der Waals surface area contributed by atoms with E-state index in [0.29, 0.717) is 0 Å². The summed E-state index contributed by atoms with van der Waals surface area (Å²) in [4.78, 5) is 2.41. The number of β-amino-alcohol motifs (C(OH)–C–C–N with tert-alkyl or cyclic N) is 1. The molecule has 0 radical (unpaired) electrons. The maximum Gasteiger partial charge on any atom is 0.0917 e. The molecule has 0 bridgehead atoms. The Labute approximate surface area is 117 Å². The van der Waals surface area contributed by atoms with Crippen LogP contribution in [0, 0.1) is 19.8 Å². The van der Waals surface area contributed by atoms with Crippen molar-refractivity contribution in [3.8, 4) is 0 Å². The summed E-state index contributed by atoms with van der Waals surface area (Å²) in [5, 5.41) is 10.4. The second kappa shape index (κ2) is 6.53. The van der Waals surface area contributed by atoms with Gasteiger partial charge in [-0.3, -0.25) is 0 Å². The largest absolute Gasteiger partial charge is 0.387 e. The third kappa shape index (κ3) is 4.05. The van der Waals surface area contributed by atoms with Crippen molar-refractivity contribution < 1.29 is 5.11 Å². The van der Waals surface area contributed by atoms with Crippen LogP contribution in [-0.4, -0.2) is 29.6 Å². The highest BCUT2D eigenvalue weighted by molar-refractivity contribution is 5.30. The minimum atomic E-state index is -0.350. The highest BCUT2D eigenvalue weighted by Gasteiger charge is 2.20. The molecule has 2 nitrogen and oxygen atoms in total. The van der Waals surface area contributed by atoms with Gasteiger partial charge < -0.3 is 10.0 Å². The molecule has 1 atom stereocenters. The van der Waals surface area contributed by atoms with Crippen molar-refractivity contribution in [3.05, 3.63) is 34.9 Å². The molecule has 0 aliphatic carbocycles. The number of aliphatic hydroxyl groups excluding tert-OH is 1. The average Bonchev–Trinajstić information content (AvgIpc) is 2.38. The molecule has 1 N–H and O–H groups in total. The number of aryl methyl sites for hydroxylation is 2. The Kier molecular flexibility index (Phi) is 5.00. The zero-order valence-corrected chi connectivity index (χ0v) is 12.5. The molecule has 2 rings (SSSR count). The lowest BCUT2D eigenvalue weighted by atomic mass is 9.94. The molecule has 106 valence electrons. The van der Waals surface area contributed by atoms with Crippen molar-refractivity contribution in [2.24, 2.45) is 5.92 Å². The van der Waals surface area contributed by atoms with Gasteiger partial charge in [0.2, 0.25) is 0 Å². The average molecular weight is 261 g/mol. The van der Waals surface area contributed by atoms with Crippen LogP contribution in [0.25, 0.3) is 0 Å². The topological polar surface area (TPSA) is 23.5 Å². The Morgan fingerprint density at radius 1 is 1.16 bits per heavy atom. The lowest BCUT2D eigenvalue weighted by molar-refractivity contribution is 0.0887. The molecule has 1 heterocycles. The van der Waals surface area contributed by atoms with E-state index in [4.69, 9.17) is 0 Å². The van der Waals surface area contributed by atoms with Crippen LogP contribution < -0.4 is 0 Å². The van der Waals surface area contributed by atoms with Crippen molar-refractivity contribution in [1.29, 1.82) is 0 Å². The molecule has 0 amide bonds. The molecule has 0 saturated carbocycles. The molecule has 1 aromatic rings. The van der Waals surface area contributed by atoms with Crippen molar-refractivity contribution in [3.63, 3.8) is 0 Å². The van der Waals surface area contributed by atoms with Crippen LogP contribution in [0.3, 0.4) is 0 Å². The maximum absolute atomic E-state index is 10.4. The van der Waals surface area contributed by atoms with Gasteiger partial charge in [-0.25, -0.2) is 0 Å². The predicted octanol–water partition coefficient (Wildman–Crippen LogP) is 3.46. The van der Waals surface area contributed by atoms with E-state index in [1.165, 1.54) is 30.4 Å². The Hall–Kier alpha value is -0.860. The first-order valence-corrected chi connectivity index (χ1v) is 7.57. The van der Waals surface area contributed by atoms with Crippen LogP contribution in [0.4, 0.5) is 0 Å². The smallest absolute Gasteiger partial charge is 0.0917 e. The molecule has 1 aliphatic heterocycles. The quantitative estimate of drug-likeness (QED) is 0.897. The first-order chi connectivity index (χ1) is 9.08. The Morgan fingerprint density at radius 3 is 2.26 bits per heavy atom. The van der Waals surface area contributed by atoms with Crippen LogP contribution in [0.2, 0.25) is 0 Å². The van der Waals surface area contributed by atoms with E-state index in [0.717, 1.165) is 31.1 Å². The predicted molar refractivity (Wildman–Crippen MR) is 80.3 cm³/mol. The fraction of sp³-hybridized carbons (Fsp3) is 0.647. The standard InChI is InChI=1S/C17H27NO/c1-4-15-5-7-18(8-6-15)12-17(19)16-10-13(2)9-14(3)11-16/h9-11,15,17,19H,4-8,12H2,1-3H3. The normalized spacial score (nSPS) is 19.6. The van der Waals surface area contributed by atoms with Crippen molar-refractivity contribution >= 4 is 0 Å². The molecule has 1 fully saturated rings. The molecule has 1 aromatic carbocycles. The van der Waals surface area contributed by atoms with Crippen LogP contribution >= 0.6 is 0 Å². The third-order valence-corrected chi connectivity index (χ3v) is 4.34. The van der Waals surface area contributed by atoms with Gasteiger partial charge in [-0.05, 0) is 51.3 Å². The maximum atomic E-state index is 10.4. The highest BCUT2D eigenvalue weighted by atomic mass is 16.3. The molecular weight excluding hydrogens is 234 g/mol. The zero-order chi connectivity index (χ0) is 13.8. The van der Waals surface area contributed by atoms with E-state index in [1.807, 2.05) is 0 Å². The molecule has 1 unspecified atom stereocenters. The number of piperidine rings is 1. The molecule has 19 heavy (non-hydrogen) atoms. The summed E-state index contributed by atoms with van der Waals surface area (Å²) >= 11 is 0. The van der Waals surface area contributed by atoms with Gasteiger partial charge >= 0.3 is 0 Å². The van der Waals surface area contributed by atoms with Crippen molar-refractivity contribution in [2.45, 2.75) is 46.1 Å². The highest BCUT2D eigenvalue weighted by Crippen LogP contribution is 2.23. The molecule has 1 saturated heterocycles. The summed E-state index contributed by atoms with van der Waals surface area (Å²) in [6, 6.07) is 6.37. The van der Waals surface area contributed by atoms with E-state index in [1.54, 1.807) is 0 Å². The fourth-order valence-electron chi connectivity index (χ4n) is 3.13. The fourth-order valence-corrected chi connectivity index (χ4v) is 3.13. The van der Waals surface area contributed by atoms with Gasteiger partial charge in [-0.2, -0.15) is 0 Å². The number of likely N-dealkylation sites (tertiary alicyclic amines) is 1. The van der Waals surface area contributed by atoms with E-state index in [9.17, 15) is 5.11 Å². The van der Waals surface area contributed by atoms with Gasteiger partial charge in [0, 0.05) is 6.54 Å². The van der Waals surface area contributed by atoms with Gasteiger partial charge in [0.15, 0.2) is 0 Å². The van der Waals surface area contributed by atoms with Crippen molar-refractivity contribution in [2.75, 3.05) is 19.6 Å². The molecular formula is C17H27NO. The lowest BCUT2D eigenvalue weighted by Crippen LogP contribution is -2.36. The van der Waals surface area contributed by atoms with Crippen molar-refractivity contribution in [1.82, 2.24) is 4.90 Å². The summed E-state index contributed by atoms with van der Waals surface area (Å²) in [6.07, 6.45) is 3.52. The van der Waals surface area contributed by atoms with E-state index >= 15 is 0 Å². The second-order valence-corrected chi connectivity index (χ2v) is 6.09. The summed E-state index contributed by atoms with van der Waals surface area (Å²) < 4.78 is 0. The number of benzene rings is 1. The van der Waals surface area contributed by atoms with Crippen LogP contribution in [0.5, 0.6) is 0 Å². The van der Waals surface area contributed by atoms with Gasteiger partial charge in [0.1, 0.15) is 0 Å². The molecule has 0 spiro atoms. The Morgan fingerprint density at radius 2 is 1.74 bits per heavy atom. The second-order valence-electron chi connectivity index (χ2n) is 6.09.